The Morgan fingerprint density at radius 3 is 2.88 bits per heavy atom. The third kappa shape index (κ3) is 2.50. The highest BCUT2D eigenvalue weighted by Gasteiger charge is 2.22. The minimum absolute atomic E-state index is 0.00366. The Labute approximate surface area is 99.1 Å². The molecule has 1 aromatic carbocycles. The summed E-state index contributed by atoms with van der Waals surface area (Å²) >= 11 is 0. The van der Waals surface area contributed by atoms with Crippen molar-refractivity contribution in [3.05, 3.63) is 23.8 Å². The second kappa shape index (κ2) is 5.05. The van der Waals surface area contributed by atoms with Crippen molar-refractivity contribution < 1.29 is 19.4 Å². The number of carboxylic acids is 1. The van der Waals surface area contributed by atoms with Crippen molar-refractivity contribution in [2.75, 3.05) is 19.8 Å². The SMILES string of the molecule is NCC(CC(=O)O)c1cccc2c1OCCO2. The van der Waals surface area contributed by atoms with Gasteiger partial charge in [0.25, 0.3) is 0 Å². The molecule has 0 radical (unpaired) electrons. The highest BCUT2D eigenvalue weighted by atomic mass is 16.6. The lowest BCUT2D eigenvalue weighted by Crippen LogP contribution is -2.21. The number of nitrogens with two attached hydrogens (primary N) is 1. The van der Waals surface area contributed by atoms with Crippen LogP contribution in [0.25, 0.3) is 0 Å². The van der Waals surface area contributed by atoms with Gasteiger partial charge >= 0.3 is 5.97 Å². The van der Waals surface area contributed by atoms with E-state index in [0.717, 1.165) is 5.56 Å². The number of para-hydroxylation sites is 1. The van der Waals surface area contributed by atoms with Gasteiger partial charge in [-0.25, -0.2) is 0 Å². The van der Waals surface area contributed by atoms with Crippen molar-refractivity contribution in [2.45, 2.75) is 12.3 Å². The number of carboxylic acid groups (broad SMARTS) is 1. The molecule has 0 aromatic heterocycles. The normalized spacial score (nSPS) is 15.4. The number of ether oxygens (including phenoxy) is 2. The van der Waals surface area contributed by atoms with Gasteiger partial charge in [0.15, 0.2) is 11.5 Å². The molecule has 17 heavy (non-hydrogen) atoms. The quantitative estimate of drug-likeness (QED) is 0.815. The largest absolute Gasteiger partial charge is 0.486 e. The summed E-state index contributed by atoms with van der Waals surface area (Å²) < 4.78 is 11.0. The van der Waals surface area contributed by atoms with Crippen molar-refractivity contribution >= 4 is 5.97 Å². The molecule has 2 rings (SSSR count). The maximum Gasteiger partial charge on any atom is 0.304 e. The van der Waals surface area contributed by atoms with Gasteiger partial charge in [0, 0.05) is 11.5 Å². The molecule has 5 nitrogen and oxygen atoms in total. The van der Waals surface area contributed by atoms with E-state index in [2.05, 4.69) is 0 Å². The van der Waals surface area contributed by atoms with Gasteiger partial charge in [-0.1, -0.05) is 12.1 Å². The number of aliphatic carboxylic acids is 1. The zero-order valence-corrected chi connectivity index (χ0v) is 9.39. The summed E-state index contributed by atoms with van der Waals surface area (Å²) in [5.41, 5.74) is 6.44. The second-order valence-corrected chi connectivity index (χ2v) is 3.90. The number of hydrogen-bond acceptors (Lipinski definition) is 4. The monoisotopic (exact) mass is 237 g/mol. The smallest absolute Gasteiger partial charge is 0.304 e. The van der Waals surface area contributed by atoms with E-state index in [-0.39, 0.29) is 18.9 Å². The number of benzene rings is 1. The summed E-state index contributed by atoms with van der Waals surface area (Å²) in [5.74, 6) is 0.187. The van der Waals surface area contributed by atoms with E-state index < -0.39 is 5.97 Å². The maximum atomic E-state index is 10.8. The first-order valence-corrected chi connectivity index (χ1v) is 5.52. The molecule has 1 aromatic rings. The standard InChI is InChI=1S/C12H15NO4/c13-7-8(6-11(14)15)9-2-1-3-10-12(9)17-5-4-16-10/h1-3,8H,4-7,13H2,(H,14,15). The Morgan fingerprint density at radius 2 is 2.18 bits per heavy atom. The molecule has 0 amide bonds. The summed E-state index contributed by atoms with van der Waals surface area (Å²) in [5, 5.41) is 8.85. The van der Waals surface area contributed by atoms with Gasteiger partial charge < -0.3 is 20.3 Å². The Kier molecular flexibility index (Phi) is 3.49. The number of fused-ring (bicyclic) bond motifs is 1. The molecule has 3 N–H and O–H groups in total. The molecule has 0 bridgehead atoms. The van der Waals surface area contributed by atoms with Crippen LogP contribution in [0.3, 0.4) is 0 Å². The summed E-state index contributed by atoms with van der Waals surface area (Å²) in [4.78, 5) is 10.8. The van der Waals surface area contributed by atoms with Gasteiger partial charge in [0.05, 0.1) is 6.42 Å². The average Bonchev–Trinajstić information content (AvgIpc) is 2.35. The second-order valence-electron chi connectivity index (χ2n) is 3.90. The van der Waals surface area contributed by atoms with Crippen molar-refractivity contribution in [3.63, 3.8) is 0 Å². The first kappa shape index (κ1) is 11.7. The van der Waals surface area contributed by atoms with Crippen molar-refractivity contribution in [1.82, 2.24) is 0 Å². The van der Waals surface area contributed by atoms with Crippen LogP contribution in [0, 0.1) is 0 Å². The fourth-order valence-corrected chi connectivity index (χ4v) is 1.95. The van der Waals surface area contributed by atoms with Crippen molar-refractivity contribution in [1.29, 1.82) is 0 Å². The van der Waals surface area contributed by atoms with Crippen LogP contribution >= 0.6 is 0 Å². The van der Waals surface area contributed by atoms with Crippen LogP contribution in [0.2, 0.25) is 0 Å². The molecule has 0 saturated carbocycles. The summed E-state index contributed by atoms with van der Waals surface area (Å²) in [6.07, 6.45) is -0.00366. The molecule has 92 valence electrons. The van der Waals surface area contributed by atoms with E-state index >= 15 is 0 Å². The molecular weight excluding hydrogens is 222 g/mol. The lowest BCUT2D eigenvalue weighted by atomic mass is 9.94. The zero-order valence-electron chi connectivity index (χ0n) is 9.39. The van der Waals surface area contributed by atoms with Gasteiger partial charge in [0.2, 0.25) is 0 Å². The predicted molar refractivity (Wildman–Crippen MR) is 61.5 cm³/mol. The van der Waals surface area contributed by atoms with E-state index in [9.17, 15) is 4.79 Å². The minimum atomic E-state index is -0.866. The number of hydrogen-bond donors (Lipinski definition) is 2. The first-order chi connectivity index (χ1) is 8.22. The van der Waals surface area contributed by atoms with Crippen molar-refractivity contribution in [2.24, 2.45) is 5.73 Å². The van der Waals surface area contributed by atoms with Gasteiger partial charge in [0.1, 0.15) is 13.2 Å². The van der Waals surface area contributed by atoms with Crippen LogP contribution in [-0.4, -0.2) is 30.8 Å². The van der Waals surface area contributed by atoms with Crippen LogP contribution in [0.15, 0.2) is 18.2 Å². The number of rotatable bonds is 4. The molecule has 1 aliphatic rings. The molecule has 0 spiro atoms. The molecule has 5 heteroatoms. The van der Waals surface area contributed by atoms with Crippen LogP contribution in [0.1, 0.15) is 17.9 Å². The molecule has 1 atom stereocenters. The molecule has 0 aliphatic carbocycles. The lowest BCUT2D eigenvalue weighted by molar-refractivity contribution is -0.137. The third-order valence-electron chi connectivity index (χ3n) is 2.74. The minimum Gasteiger partial charge on any atom is -0.486 e. The van der Waals surface area contributed by atoms with Gasteiger partial charge in [-0.3, -0.25) is 4.79 Å². The molecular formula is C12H15NO4. The first-order valence-electron chi connectivity index (χ1n) is 5.52. The van der Waals surface area contributed by atoms with Crippen LogP contribution in [0.5, 0.6) is 11.5 Å². The highest BCUT2D eigenvalue weighted by molar-refractivity contribution is 5.68. The Bertz CT molecular complexity index is 419. The van der Waals surface area contributed by atoms with E-state index in [0.29, 0.717) is 24.7 Å². The third-order valence-corrected chi connectivity index (χ3v) is 2.74. The predicted octanol–water partition coefficient (Wildman–Crippen LogP) is 0.975. The van der Waals surface area contributed by atoms with Gasteiger partial charge in [-0.15, -0.1) is 0 Å². The van der Waals surface area contributed by atoms with Gasteiger partial charge in [-0.05, 0) is 12.6 Å². The summed E-state index contributed by atoms with van der Waals surface area (Å²) in [6.45, 7) is 1.27. The molecule has 1 heterocycles. The van der Waals surface area contributed by atoms with Gasteiger partial charge in [-0.2, -0.15) is 0 Å². The zero-order chi connectivity index (χ0) is 12.3. The number of carbonyl (C=O) groups is 1. The molecule has 1 aliphatic heterocycles. The fourth-order valence-electron chi connectivity index (χ4n) is 1.95. The highest BCUT2D eigenvalue weighted by Crippen LogP contribution is 2.38. The summed E-state index contributed by atoms with van der Waals surface area (Å²) in [7, 11) is 0. The molecule has 0 fully saturated rings. The van der Waals surface area contributed by atoms with Crippen molar-refractivity contribution in [3.8, 4) is 11.5 Å². The Morgan fingerprint density at radius 1 is 1.41 bits per heavy atom. The van der Waals surface area contributed by atoms with Crippen LogP contribution in [0.4, 0.5) is 0 Å². The Balaban J connectivity index is 2.32. The van der Waals surface area contributed by atoms with Crippen LogP contribution in [-0.2, 0) is 4.79 Å². The molecule has 0 saturated heterocycles. The van der Waals surface area contributed by atoms with E-state index in [1.807, 2.05) is 18.2 Å². The Hall–Kier alpha value is -1.75. The average molecular weight is 237 g/mol. The van der Waals surface area contributed by atoms with E-state index in [4.69, 9.17) is 20.3 Å². The van der Waals surface area contributed by atoms with E-state index in [1.54, 1.807) is 0 Å². The maximum absolute atomic E-state index is 10.8. The summed E-state index contributed by atoms with van der Waals surface area (Å²) in [6, 6.07) is 5.48. The molecule has 1 unspecified atom stereocenters. The lowest BCUT2D eigenvalue weighted by Gasteiger charge is -2.24. The topological polar surface area (TPSA) is 81.8 Å². The fraction of sp³-hybridized carbons (Fsp3) is 0.417. The van der Waals surface area contributed by atoms with E-state index in [1.165, 1.54) is 0 Å². The van der Waals surface area contributed by atoms with Crippen LogP contribution < -0.4 is 15.2 Å².